The van der Waals surface area contributed by atoms with Gasteiger partial charge in [0.2, 0.25) is 5.88 Å². The zero-order valence-electron chi connectivity index (χ0n) is 14.6. The van der Waals surface area contributed by atoms with E-state index in [9.17, 15) is 13.2 Å². The fourth-order valence-corrected chi connectivity index (χ4v) is 2.96. The lowest BCUT2D eigenvalue weighted by molar-refractivity contribution is -0.154. The molecule has 26 heavy (non-hydrogen) atoms. The maximum atomic E-state index is 12.4. The lowest BCUT2D eigenvalue weighted by Crippen LogP contribution is -2.31. The van der Waals surface area contributed by atoms with Gasteiger partial charge < -0.3 is 4.74 Å². The van der Waals surface area contributed by atoms with Crippen LogP contribution in [0.2, 0.25) is 0 Å². The first-order valence-corrected chi connectivity index (χ1v) is 8.64. The molecule has 0 fully saturated rings. The molecule has 0 unspecified atom stereocenters. The van der Waals surface area contributed by atoms with Crippen molar-refractivity contribution in [3.8, 4) is 5.88 Å². The number of halogens is 3. The first-order valence-electron chi connectivity index (χ1n) is 8.64. The fourth-order valence-electron chi connectivity index (χ4n) is 2.96. The van der Waals surface area contributed by atoms with Crippen LogP contribution in [0.5, 0.6) is 5.88 Å². The SMILES string of the molecule is CCCc1ncc2c(n1)CCN(Cc1cccnc1OCC(F)(F)F)C2. The highest BCUT2D eigenvalue weighted by molar-refractivity contribution is 5.27. The van der Waals surface area contributed by atoms with E-state index in [1.54, 1.807) is 12.1 Å². The second-order valence-electron chi connectivity index (χ2n) is 6.34. The van der Waals surface area contributed by atoms with Gasteiger partial charge in [0.15, 0.2) is 6.61 Å². The molecule has 0 amide bonds. The number of hydrogen-bond donors (Lipinski definition) is 0. The molecule has 0 aliphatic carbocycles. The van der Waals surface area contributed by atoms with Crippen LogP contribution in [0.15, 0.2) is 24.5 Å². The summed E-state index contributed by atoms with van der Waals surface area (Å²) in [6.45, 7) is 2.67. The number of aryl methyl sites for hydroxylation is 1. The van der Waals surface area contributed by atoms with Crippen molar-refractivity contribution in [2.75, 3.05) is 13.2 Å². The normalized spacial score (nSPS) is 14.9. The highest BCUT2D eigenvalue weighted by Crippen LogP contribution is 2.24. The predicted octanol–water partition coefficient (Wildman–Crippen LogP) is 3.32. The monoisotopic (exact) mass is 366 g/mol. The van der Waals surface area contributed by atoms with Crippen LogP contribution < -0.4 is 4.74 Å². The Morgan fingerprint density at radius 1 is 1.27 bits per heavy atom. The highest BCUT2D eigenvalue weighted by Gasteiger charge is 2.29. The van der Waals surface area contributed by atoms with Crippen LogP contribution in [-0.4, -0.2) is 39.2 Å². The summed E-state index contributed by atoms with van der Waals surface area (Å²) in [5.74, 6) is 0.903. The maximum Gasteiger partial charge on any atom is 0.422 e. The Kier molecular flexibility index (Phi) is 5.70. The van der Waals surface area contributed by atoms with Gasteiger partial charge in [-0.05, 0) is 12.5 Å². The Balaban J connectivity index is 1.67. The molecule has 2 aromatic rings. The summed E-state index contributed by atoms with van der Waals surface area (Å²) >= 11 is 0. The van der Waals surface area contributed by atoms with Gasteiger partial charge in [0, 0.05) is 61.7 Å². The number of ether oxygens (including phenoxy) is 1. The molecule has 1 aliphatic heterocycles. The second-order valence-corrected chi connectivity index (χ2v) is 6.34. The molecule has 0 atom stereocenters. The zero-order chi connectivity index (χ0) is 18.6. The molecular weight excluding hydrogens is 345 g/mol. The second kappa shape index (κ2) is 7.99. The molecule has 0 saturated carbocycles. The molecule has 2 aromatic heterocycles. The van der Waals surface area contributed by atoms with Crippen molar-refractivity contribution in [1.82, 2.24) is 19.9 Å². The van der Waals surface area contributed by atoms with Gasteiger partial charge in [0.25, 0.3) is 0 Å². The lowest BCUT2D eigenvalue weighted by atomic mass is 10.1. The summed E-state index contributed by atoms with van der Waals surface area (Å²) in [6, 6.07) is 3.45. The first kappa shape index (κ1) is 18.6. The van der Waals surface area contributed by atoms with E-state index >= 15 is 0 Å². The van der Waals surface area contributed by atoms with Crippen LogP contribution in [0.1, 0.15) is 36.0 Å². The summed E-state index contributed by atoms with van der Waals surface area (Å²) in [4.78, 5) is 15.1. The molecule has 3 heterocycles. The quantitative estimate of drug-likeness (QED) is 0.785. The van der Waals surface area contributed by atoms with Gasteiger partial charge in [-0.15, -0.1) is 0 Å². The zero-order valence-corrected chi connectivity index (χ0v) is 14.6. The van der Waals surface area contributed by atoms with Crippen molar-refractivity contribution < 1.29 is 17.9 Å². The summed E-state index contributed by atoms with van der Waals surface area (Å²) in [7, 11) is 0. The van der Waals surface area contributed by atoms with Crippen molar-refractivity contribution in [2.24, 2.45) is 0 Å². The molecule has 3 rings (SSSR count). The smallest absolute Gasteiger partial charge is 0.422 e. The van der Waals surface area contributed by atoms with E-state index in [2.05, 4.69) is 26.8 Å². The molecule has 0 bridgehead atoms. The van der Waals surface area contributed by atoms with E-state index in [-0.39, 0.29) is 5.88 Å². The van der Waals surface area contributed by atoms with E-state index in [4.69, 9.17) is 4.74 Å². The molecular formula is C18H21F3N4O. The fraction of sp³-hybridized carbons (Fsp3) is 0.500. The lowest BCUT2D eigenvalue weighted by Gasteiger charge is -2.28. The number of pyridine rings is 1. The Morgan fingerprint density at radius 3 is 2.88 bits per heavy atom. The largest absolute Gasteiger partial charge is 0.468 e. The van der Waals surface area contributed by atoms with E-state index in [0.29, 0.717) is 18.7 Å². The first-order chi connectivity index (χ1) is 12.4. The van der Waals surface area contributed by atoms with Gasteiger partial charge in [-0.25, -0.2) is 15.0 Å². The molecule has 0 radical (unpaired) electrons. The van der Waals surface area contributed by atoms with Gasteiger partial charge >= 0.3 is 6.18 Å². The number of fused-ring (bicyclic) bond motifs is 1. The third kappa shape index (κ3) is 4.91. The van der Waals surface area contributed by atoms with Crippen LogP contribution in [-0.2, 0) is 25.9 Å². The summed E-state index contributed by atoms with van der Waals surface area (Å²) in [5.41, 5.74) is 2.78. The standard InChI is InChI=1S/C18H21F3N4O/c1-2-4-16-23-9-14-11-25(8-6-15(14)24-16)10-13-5-3-7-22-17(13)26-12-18(19,20)21/h3,5,7,9H,2,4,6,8,10-12H2,1H3. The third-order valence-electron chi connectivity index (χ3n) is 4.15. The Bertz CT molecular complexity index is 751. The molecule has 0 N–H and O–H groups in total. The van der Waals surface area contributed by atoms with Gasteiger partial charge in [0.1, 0.15) is 5.82 Å². The van der Waals surface area contributed by atoms with Gasteiger partial charge in [-0.2, -0.15) is 13.2 Å². The van der Waals surface area contributed by atoms with Gasteiger partial charge in [0.05, 0.1) is 0 Å². The number of alkyl halides is 3. The van der Waals surface area contributed by atoms with E-state index in [0.717, 1.165) is 42.9 Å². The van der Waals surface area contributed by atoms with Crippen molar-refractivity contribution in [3.63, 3.8) is 0 Å². The number of aromatic nitrogens is 3. The molecule has 5 nitrogen and oxygen atoms in total. The third-order valence-corrected chi connectivity index (χ3v) is 4.15. The average Bonchev–Trinajstić information content (AvgIpc) is 2.61. The molecule has 140 valence electrons. The summed E-state index contributed by atoms with van der Waals surface area (Å²) < 4.78 is 42.1. The summed E-state index contributed by atoms with van der Waals surface area (Å²) in [6.07, 6.45) is 1.59. The van der Waals surface area contributed by atoms with Gasteiger partial charge in [-0.3, -0.25) is 4.90 Å². The predicted molar refractivity (Wildman–Crippen MR) is 89.6 cm³/mol. The Labute approximate surface area is 150 Å². The van der Waals surface area contributed by atoms with E-state index in [1.807, 2.05) is 6.20 Å². The topological polar surface area (TPSA) is 51.1 Å². The van der Waals surface area contributed by atoms with Crippen molar-refractivity contribution >= 4 is 0 Å². The van der Waals surface area contributed by atoms with Crippen LogP contribution in [0.3, 0.4) is 0 Å². The van der Waals surface area contributed by atoms with Crippen LogP contribution in [0.25, 0.3) is 0 Å². The minimum atomic E-state index is -4.38. The summed E-state index contributed by atoms with van der Waals surface area (Å²) in [5, 5.41) is 0. The Hall–Kier alpha value is -2.22. The number of hydrogen-bond acceptors (Lipinski definition) is 5. The van der Waals surface area contributed by atoms with Crippen LogP contribution in [0.4, 0.5) is 13.2 Å². The molecule has 0 spiro atoms. The minimum Gasteiger partial charge on any atom is -0.468 e. The molecule has 1 aliphatic rings. The van der Waals surface area contributed by atoms with Crippen molar-refractivity contribution in [2.45, 2.75) is 45.5 Å². The highest BCUT2D eigenvalue weighted by atomic mass is 19.4. The Morgan fingerprint density at radius 2 is 2.12 bits per heavy atom. The van der Waals surface area contributed by atoms with Crippen LogP contribution in [0, 0.1) is 0 Å². The number of nitrogens with zero attached hydrogens (tertiary/aromatic N) is 4. The van der Waals surface area contributed by atoms with Crippen molar-refractivity contribution in [1.29, 1.82) is 0 Å². The molecule has 8 heteroatoms. The average molecular weight is 366 g/mol. The minimum absolute atomic E-state index is 0.0326. The van der Waals surface area contributed by atoms with E-state index < -0.39 is 12.8 Å². The number of rotatable bonds is 6. The molecule has 0 aromatic carbocycles. The van der Waals surface area contributed by atoms with E-state index in [1.165, 1.54) is 6.20 Å². The molecule has 0 saturated heterocycles. The van der Waals surface area contributed by atoms with Gasteiger partial charge in [-0.1, -0.05) is 13.0 Å². The maximum absolute atomic E-state index is 12.4. The van der Waals surface area contributed by atoms with Crippen LogP contribution >= 0.6 is 0 Å². The van der Waals surface area contributed by atoms with Crippen molar-refractivity contribution in [3.05, 3.63) is 47.2 Å².